The van der Waals surface area contributed by atoms with Crippen molar-refractivity contribution >= 4 is 23.7 Å². The van der Waals surface area contributed by atoms with Crippen LogP contribution in [0.4, 0.5) is 23.8 Å². The molecule has 10 heteroatoms. The normalized spacial score (nSPS) is 14.3. The second kappa shape index (κ2) is 11.1. The van der Waals surface area contributed by atoms with Crippen molar-refractivity contribution in [1.82, 2.24) is 15.2 Å². The Hall–Kier alpha value is -3.43. The van der Waals surface area contributed by atoms with Gasteiger partial charge in [-0.25, -0.2) is 9.78 Å². The maximum absolute atomic E-state index is 13.3. The lowest BCUT2D eigenvalue weighted by atomic mass is 10.1. The van der Waals surface area contributed by atoms with Crippen LogP contribution in [0.1, 0.15) is 65.3 Å². The summed E-state index contributed by atoms with van der Waals surface area (Å²) in [5.41, 5.74) is -1.34. The lowest BCUT2D eigenvalue weighted by molar-refractivity contribution is -0.138. The van der Waals surface area contributed by atoms with Gasteiger partial charge in [-0.3, -0.25) is 19.4 Å². The van der Waals surface area contributed by atoms with Crippen molar-refractivity contribution in [1.29, 1.82) is 0 Å². The van der Waals surface area contributed by atoms with Gasteiger partial charge in [0.1, 0.15) is 5.82 Å². The molecule has 34 heavy (non-hydrogen) atoms. The highest BCUT2D eigenvalue weighted by Gasteiger charge is 2.39. The smallest absolute Gasteiger partial charge is 0.352 e. The lowest BCUT2D eigenvalue weighted by Crippen LogP contribution is -2.52. The molecule has 2 aromatic rings. The van der Waals surface area contributed by atoms with Crippen LogP contribution in [-0.2, 0) is 6.18 Å². The summed E-state index contributed by atoms with van der Waals surface area (Å²) < 4.78 is 40.0. The number of carbonyl (C=O) groups is 3. The van der Waals surface area contributed by atoms with Gasteiger partial charge in [0.2, 0.25) is 0 Å². The van der Waals surface area contributed by atoms with Crippen molar-refractivity contribution in [3.8, 4) is 0 Å². The number of urea groups is 1. The molecule has 4 amide bonds. The highest BCUT2D eigenvalue weighted by atomic mass is 19.4. The van der Waals surface area contributed by atoms with Gasteiger partial charge in [-0.1, -0.05) is 38.3 Å². The van der Waals surface area contributed by atoms with Gasteiger partial charge in [-0.05, 0) is 37.1 Å². The van der Waals surface area contributed by atoms with Gasteiger partial charge in [-0.2, -0.15) is 13.2 Å². The first-order valence-electron chi connectivity index (χ1n) is 11.3. The Balaban J connectivity index is 1.70. The summed E-state index contributed by atoms with van der Waals surface area (Å²) in [4.78, 5) is 44.3. The molecule has 7 nitrogen and oxygen atoms in total. The molecule has 0 aliphatic carbocycles. The summed E-state index contributed by atoms with van der Waals surface area (Å²) >= 11 is 0. The molecule has 2 heterocycles. The molecule has 0 saturated carbocycles. The zero-order valence-electron chi connectivity index (χ0n) is 18.9. The number of unbranched alkanes of at least 4 members (excludes halogenated alkanes) is 3. The van der Waals surface area contributed by atoms with Gasteiger partial charge in [0.25, 0.3) is 11.8 Å². The number of benzene rings is 1. The van der Waals surface area contributed by atoms with E-state index in [-0.39, 0.29) is 24.8 Å². The number of imide groups is 1. The molecule has 1 saturated heterocycles. The van der Waals surface area contributed by atoms with Crippen LogP contribution in [0.15, 0.2) is 42.6 Å². The quantitative estimate of drug-likeness (QED) is 0.551. The fourth-order valence-electron chi connectivity index (χ4n) is 3.72. The third-order valence-corrected chi connectivity index (χ3v) is 5.54. The Morgan fingerprint density at radius 3 is 2.50 bits per heavy atom. The summed E-state index contributed by atoms with van der Waals surface area (Å²) in [5.74, 6) is -1.08. The van der Waals surface area contributed by atoms with E-state index in [0.29, 0.717) is 18.5 Å². The molecule has 0 radical (unpaired) electrons. The van der Waals surface area contributed by atoms with E-state index in [9.17, 15) is 27.6 Å². The molecule has 1 fully saturated rings. The molecule has 1 aliphatic rings. The molecule has 1 aromatic carbocycles. The Labute approximate surface area is 195 Å². The van der Waals surface area contributed by atoms with Crippen LogP contribution >= 0.6 is 0 Å². The fourth-order valence-corrected chi connectivity index (χ4v) is 3.72. The summed E-state index contributed by atoms with van der Waals surface area (Å²) in [6.07, 6.45) is 1.11. The predicted molar refractivity (Wildman–Crippen MR) is 121 cm³/mol. The Morgan fingerprint density at radius 2 is 1.82 bits per heavy atom. The van der Waals surface area contributed by atoms with Gasteiger partial charge in [0, 0.05) is 25.8 Å². The molecule has 1 N–H and O–H groups in total. The van der Waals surface area contributed by atoms with Crippen LogP contribution in [0.25, 0.3) is 0 Å². The predicted octanol–water partition coefficient (Wildman–Crippen LogP) is 4.88. The molecule has 1 aromatic heterocycles. The monoisotopic (exact) mass is 476 g/mol. The van der Waals surface area contributed by atoms with Crippen molar-refractivity contribution < 1.29 is 27.6 Å². The molecule has 182 valence electrons. The Kier molecular flexibility index (Phi) is 8.25. The van der Waals surface area contributed by atoms with Crippen LogP contribution in [0.2, 0.25) is 0 Å². The van der Waals surface area contributed by atoms with Crippen LogP contribution < -0.4 is 10.2 Å². The number of anilines is 1. The minimum atomic E-state index is -4.72. The minimum Gasteiger partial charge on any atom is -0.352 e. The van der Waals surface area contributed by atoms with Crippen molar-refractivity contribution in [2.75, 3.05) is 24.5 Å². The largest absolute Gasteiger partial charge is 0.417 e. The first-order valence-corrected chi connectivity index (χ1v) is 11.3. The van der Waals surface area contributed by atoms with Gasteiger partial charge >= 0.3 is 12.2 Å². The van der Waals surface area contributed by atoms with Crippen molar-refractivity contribution in [3.63, 3.8) is 0 Å². The fraction of sp³-hybridized carbons (Fsp3) is 0.417. The minimum absolute atomic E-state index is 0.00111. The van der Waals surface area contributed by atoms with E-state index in [0.717, 1.165) is 42.7 Å². The van der Waals surface area contributed by atoms with E-state index >= 15 is 0 Å². The number of hydrogen-bond acceptors (Lipinski definition) is 4. The molecular weight excluding hydrogens is 449 g/mol. The molecule has 0 bridgehead atoms. The number of carbonyl (C=O) groups excluding carboxylic acids is 3. The number of halogens is 3. The molecule has 0 atom stereocenters. The maximum atomic E-state index is 13.3. The number of nitrogens with one attached hydrogen (secondary N) is 1. The second-order valence-electron chi connectivity index (χ2n) is 8.01. The molecular formula is C24H27F3N4O3. The molecule has 3 rings (SSSR count). The lowest BCUT2D eigenvalue weighted by Gasteiger charge is -2.34. The average Bonchev–Trinajstić information content (AvgIpc) is 2.83. The number of hydrogen-bond donors (Lipinski definition) is 1. The standard InChI is InChI=1S/C24H27F3N4O3/c1-2-3-4-7-13-28-21(32)17-11-12-20(29-16-17)30-14-8-15-31(23(30)34)22(33)18-9-5-6-10-19(18)24(25,26)27/h5-6,9-12,16H,2-4,7-8,13-15H2,1H3,(H,28,32). The van der Waals surface area contributed by atoms with Gasteiger partial charge in [0.15, 0.2) is 0 Å². The Morgan fingerprint density at radius 1 is 1.06 bits per heavy atom. The van der Waals surface area contributed by atoms with Crippen LogP contribution in [0.5, 0.6) is 0 Å². The molecule has 1 aliphatic heterocycles. The third-order valence-electron chi connectivity index (χ3n) is 5.54. The van der Waals surface area contributed by atoms with E-state index < -0.39 is 29.2 Å². The van der Waals surface area contributed by atoms with Gasteiger partial charge in [-0.15, -0.1) is 0 Å². The number of amides is 4. The average molecular weight is 476 g/mol. The summed E-state index contributed by atoms with van der Waals surface area (Å²) in [6, 6.07) is 6.65. The number of pyridine rings is 1. The van der Waals surface area contributed by atoms with Crippen molar-refractivity contribution in [3.05, 3.63) is 59.3 Å². The summed E-state index contributed by atoms with van der Waals surface area (Å²) in [6.45, 7) is 2.91. The molecule has 0 unspecified atom stereocenters. The summed E-state index contributed by atoms with van der Waals surface area (Å²) in [5, 5.41) is 2.82. The van der Waals surface area contributed by atoms with Gasteiger partial charge < -0.3 is 5.32 Å². The Bertz CT molecular complexity index is 1020. The zero-order valence-corrected chi connectivity index (χ0v) is 18.9. The highest BCUT2D eigenvalue weighted by Crippen LogP contribution is 2.33. The van der Waals surface area contributed by atoms with E-state index in [2.05, 4.69) is 17.2 Å². The van der Waals surface area contributed by atoms with Crippen molar-refractivity contribution in [2.45, 2.75) is 45.2 Å². The first kappa shape index (κ1) is 25.2. The third kappa shape index (κ3) is 5.92. The topological polar surface area (TPSA) is 82.6 Å². The SMILES string of the molecule is CCCCCCNC(=O)c1ccc(N2CCCN(C(=O)c3ccccc3C(F)(F)F)C2=O)nc1. The second-order valence-corrected chi connectivity index (χ2v) is 8.01. The van der Waals surface area contributed by atoms with Crippen LogP contribution in [0, 0.1) is 0 Å². The van der Waals surface area contributed by atoms with Gasteiger partial charge in [0.05, 0.1) is 16.7 Å². The number of alkyl halides is 3. The molecule has 0 spiro atoms. The maximum Gasteiger partial charge on any atom is 0.417 e. The van der Waals surface area contributed by atoms with Crippen LogP contribution in [0.3, 0.4) is 0 Å². The van der Waals surface area contributed by atoms with E-state index in [4.69, 9.17) is 0 Å². The number of nitrogens with zero attached hydrogens (tertiary/aromatic N) is 3. The number of rotatable bonds is 8. The zero-order chi connectivity index (χ0) is 24.7. The number of aromatic nitrogens is 1. The summed E-state index contributed by atoms with van der Waals surface area (Å²) in [7, 11) is 0. The van der Waals surface area contributed by atoms with E-state index in [1.165, 1.54) is 35.4 Å². The first-order chi connectivity index (χ1) is 16.2. The van der Waals surface area contributed by atoms with E-state index in [1.807, 2.05) is 0 Å². The van der Waals surface area contributed by atoms with Crippen LogP contribution in [-0.4, -0.2) is 47.4 Å². The van der Waals surface area contributed by atoms with Crippen molar-refractivity contribution in [2.24, 2.45) is 0 Å². The van der Waals surface area contributed by atoms with E-state index in [1.54, 1.807) is 0 Å². The highest BCUT2D eigenvalue weighted by molar-refractivity contribution is 6.09.